The molecule has 4 nitrogen and oxygen atoms in total. The maximum absolute atomic E-state index is 10.8. The van der Waals surface area contributed by atoms with Crippen LogP contribution in [0.4, 0.5) is 0 Å². The molecule has 0 spiro atoms. The Morgan fingerprint density at radius 3 is 1.47 bits per heavy atom. The Balaban J connectivity index is 4.99. The Labute approximate surface area is 89.3 Å². The summed E-state index contributed by atoms with van der Waals surface area (Å²) in [5.74, 6) is -0.973. The summed E-state index contributed by atoms with van der Waals surface area (Å²) in [6.07, 6.45) is 4.97. The maximum Gasteiger partial charge on any atom is 0.244 e. The molecular formula is C11H16N2O2. The summed E-state index contributed by atoms with van der Waals surface area (Å²) in [7, 11) is 0. The molecule has 82 valence electrons. The lowest BCUT2D eigenvalue weighted by atomic mass is 10.1. The van der Waals surface area contributed by atoms with Gasteiger partial charge in [0.25, 0.3) is 0 Å². The number of allylic oxidation sites excluding steroid dienone is 4. The summed E-state index contributed by atoms with van der Waals surface area (Å²) in [6, 6.07) is 0. The number of primary amides is 2. The van der Waals surface area contributed by atoms with Gasteiger partial charge < -0.3 is 11.5 Å². The molecule has 0 saturated heterocycles. The Bertz CT molecular complexity index is 331. The number of carbonyl (C=O) groups excluding carboxylic acids is 2. The summed E-state index contributed by atoms with van der Waals surface area (Å²) in [5.41, 5.74) is 11.7. The van der Waals surface area contributed by atoms with Crippen molar-refractivity contribution >= 4 is 11.8 Å². The second-order valence-corrected chi connectivity index (χ2v) is 3.17. The van der Waals surface area contributed by atoms with Crippen molar-refractivity contribution in [2.45, 2.75) is 20.8 Å². The van der Waals surface area contributed by atoms with E-state index in [9.17, 15) is 9.59 Å². The lowest BCUT2D eigenvalue weighted by Crippen LogP contribution is -2.12. The van der Waals surface area contributed by atoms with Gasteiger partial charge >= 0.3 is 0 Å². The molecule has 0 atom stereocenters. The van der Waals surface area contributed by atoms with Crippen molar-refractivity contribution < 1.29 is 9.59 Å². The van der Waals surface area contributed by atoms with E-state index in [1.807, 2.05) is 0 Å². The average molecular weight is 208 g/mol. The van der Waals surface area contributed by atoms with Crippen LogP contribution >= 0.6 is 0 Å². The predicted molar refractivity (Wildman–Crippen MR) is 59.7 cm³/mol. The third kappa shape index (κ3) is 4.81. The van der Waals surface area contributed by atoms with Gasteiger partial charge in [0, 0.05) is 11.1 Å². The summed E-state index contributed by atoms with van der Waals surface area (Å²) in [4.78, 5) is 21.6. The molecular weight excluding hydrogens is 192 g/mol. The second kappa shape index (κ2) is 5.80. The van der Waals surface area contributed by atoms with Gasteiger partial charge in [-0.25, -0.2) is 0 Å². The van der Waals surface area contributed by atoms with Gasteiger partial charge in [-0.15, -0.1) is 0 Å². The third-order valence-electron chi connectivity index (χ3n) is 1.88. The number of hydrogen-bond donors (Lipinski definition) is 2. The highest BCUT2D eigenvalue weighted by atomic mass is 16.1. The second-order valence-electron chi connectivity index (χ2n) is 3.17. The molecule has 4 N–H and O–H groups in total. The van der Waals surface area contributed by atoms with E-state index in [0.29, 0.717) is 11.1 Å². The van der Waals surface area contributed by atoms with Crippen LogP contribution in [0.1, 0.15) is 20.8 Å². The molecule has 0 bridgehead atoms. The Morgan fingerprint density at radius 1 is 0.933 bits per heavy atom. The van der Waals surface area contributed by atoms with Gasteiger partial charge in [0.2, 0.25) is 11.8 Å². The van der Waals surface area contributed by atoms with Crippen molar-refractivity contribution in [1.29, 1.82) is 0 Å². The van der Waals surface area contributed by atoms with Gasteiger partial charge in [-0.3, -0.25) is 9.59 Å². The van der Waals surface area contributed by atoms with Crippen LogP contribution in [0, 0.1) is 0 Å². The fraction of sp³-hybridized carbons (Fsp3) is 0.273. The minimum atomic E-state index is -0.487. The molecule has 0 rings (SSSR count). The number of carbonyl (C=O) groups is 2. The minimum Gasteiger partial charge on any atom is -0.366 e. The van der Waals surface area contributed by atoms with Gasteiger partial charge in [-0.05, 0) is 38.5 Å². The number of amides is 2. The van der Waals surface area contributed by atoms with E-state index >= 15 is 0 Å². The molecule has 2 amide bonds. The molecule has 0 radical (unpaired) electrons. The molecule has 0 aromatic carbocycles. The number of rotatable bonds is 4. The molecule has 0 aliphatic rings. The Morgan fingerprint density at radius 2 is 1.27 bits per heavy atom. The molecule has 0 aliphatic carbocycles. The quantitative estimate of drug-likeness (QED) is 0.528. The van der Waals surface area contributed by atoms with E-state index in [1.54, 1.807) is 39.0 Å². The molecule has 15 heavy (non-hydrogen) atoms. The molecule has 0 aromatic heterocycles. The van der Waals surface area contributed by atoms with Crippen LogP contribution in [0.15, 0.2) is 34.9 Å². The van der Waals surface area contributed by atoms with E-state index in [0.717, 1.165) is 5.57 Å². The first-order valence-corrected chi connectivity index (χ1v) is 4.51. The monoisotopic (exact) mass is 208 g/mol. The predicted octanol–water partition coefficient (Wildman–Crippen LogP) is 0.796. The summed E-state index contributed by atoms with van der Waals surface area (Å²) >= 11 is 0. The van der Waals surface area contributed by atoms with Crippen molar-refractivity contribution in [3.63, 3.8) is 0 Å². The highest BCUT2D eigenvalue weighted by Gasteiger charge is 2.00. The number of nitrogens with two attached hydrogens (primary N) is 2. The van der Waals surface area contributed by atoms with Gasteiger partial charge in [0.1, 0.15) is 0 Å². The van der Waals surface area contributed by atoms with Crippen LogP contribution in [-0.4, -0.2) is 11.8 Å². The molecule has 0 unspecified atom stereocenters. The zero-order valence-corrected chi connectivity index (χ0v) is 9.20. The molecule has 0 saturated carbocycles. The zero-order chi connectivity index (χ0) is 12.0. The van der Waals surface area contributed by atoms with Crippen molar-refractivity contribution in [2.75, 3.05) is 0 Å². The molecule has 0 aromatic rings. The van der Waals surface area contributed by atoms with Crippen LogP contribution in [0.25, 0.3) is 0 Å². The average Bonchev–Trinajstić information content (AvgIpc) is 2.15. The van der Waals surface area contributed by atoms with Crippen molar-refractivity contribution in [3.05, 3.63) is 34.9 Å². The van der Waals surface area contributed by atoms with Gasteiger partial charge in [0.15, 0.2) is 0 Å². The molecule has 4 heteroatoms. The topological polar surface area (TPSA) is 86.2 Å². The minimum absolute atomic E-state index is 0.427. The first-order valence-electron chi connectivity index (χ1n) is 4.51. The fourth-order valence-electron chi connectivity index (χ4n) is 0.851. The normalized spacial score (nSPS) is 12.2. The smallest absolute Gasteiger partial charge is 0.244 e. The van der Waals surface area contributed by atoms with E-state index in [-0.39, 0.29) is 0 Å². The number of hydrogen-bond acceptors (Lipinski definition) is 2. The van der Waals surface area contributed by atoms with Crippen LogP contribution in [0.5, 0.6) is 0 Å². The highest BCUT2D eigenvalue weighted by Crippen LogP contribution is 2.07. The van der Waals surface area contributed by atoms with Crippen LogP contribution in [0.2, 0.25) is 0 Å². The Hall–Kier alpha value is -1.84. The summed E-state index contributed by atoms with van der Waals surface area (Å²) in [6.45, 7) is 5.02. The lowest BCUT2D eigenvalue weighted by Gasteiger charge is -1.98. The molecule has 0 aliphatic heterocycles. The van der Waals surface area contributed by atoms with Crippen LogP contribution in [0.3, 0.4) is 0 Å². The SMILES string of the molecule is CC=C(C=C(C)C(N)=O)C=C(C)C(N)=O. The van der Waals surface area contributed by atoms with Gasteiger partial charge in [0.05, 0.1) is 0 Å². The summed E-state index contributed by atoms with van der Waals surface area (Å²) in [5, 5.41) is 0. The summed E-state index contributed by atoms with van der Waals surface area (Å²) < 4.78 is 0. The van der Waals surface area contributed by atoms with Crippen molar-refractivity contribution in [2.24, 2.45) is 11.5 Å². The van der Waals surface area contributed by atoms with Gasteiger partial charge in [-0.1, -0.05) is 6.08 Å². The van der Waals surface area contributed by atoms with E-state index < -0.39 is 11.8 Å². The Kier molecular flexibility index (Phi) is 5.09. The first kappa shape index (κ1) is 13.2. The van der Waals surface area contributed by atoms with E-state index in [4.69, 9.17) is 11.5 Å². The van der Waals surface area contributed by atoms with Crippen LogP contribution in [-0.2, 0) is 9.59 Å². The maximum atomic E-state index is 10.8. The van der Waals surface area contributed by atoms with Gasteiger partial charge in [-0.2, -0.15) is 0 Å². The molecule has 0 heterocycles. The van der Waals surface area contributed by atoms with Crippen molar-refractivity contribution in [1.82, 2.24) is 0 Å². The molecule has 0 fully saturated rings. The van der Waals surface area contributed by atoms with Crippen LogP contribution < -0.4 is 11.5 Å². The first-order chi connectivity index (χ1) is 6.88. The van der Waals surface area contributed by atoms with E-state index in [1.165, 1.54) is 0 Å². The fourth-order valence-corrected chi connectivity index (χ4v) is 0.851. The van der Waals surface area contributed by atoms with E-state index in [2.05, 4.69) is 0 Å². The lowest BCUT2D eigenvalue weighted by molar-refractivity contribution is -0.115. The third-order valence-corrected chi connectivity index (χ3v) is 1.88. The zero-order valence-electron chi connectivity index (χ0n) is 9.20. The largest absolute Gasteiger partial charge is 0.366 e. The highest BCUT2D eigenvalue weighted by molar-refractivity contribution is 5.93. The standard InChI is InChI=1S/C11H16N2O2/c1-4-9(5-7(2)10(12)14)6-8(3)11(13)15/h4-6H,1-3H3,(H2,12,14)(H2,13,15). The van der Waals surface area contributed by atoms with Crippen molar-refractivity contribution in [3.8, 4) is 0 Å².